The van der Waals surface area contributed by atoms with E-state index in [9.17, 15) is 13.0 Å². The van der Waals surface area contributed by atoms with Crippen LogP contribution in [0.25, 0.3) is 0 Å². The SMILES string of the molecule is CC(C)=CCC/C(C)=C/CC/C(C)=C/C[N+](C)(C)CCS(=O)(=O)[O-]. The van der Waals surface area contributed by atoms with Gasteiger partial charge in [-0.2, -0.15) is 0 Å². The highest BCUT2D eigenvalue weighted by molar-refractivity contribution is 7.85. The Morgan fingerprint density at radius 1 is 0.917 bits per heavy atom. The third-order valence-corrected chi connectivity index (χ3v) is 4.69. The summed E-state index contributed by atoms with van der Waals surface area (Å²) in [6, 6.07) is 0. The zero-order valence-corrected chi connectivity index (χ0v) is 17.1. The minimum absolute atomic E-state index is 0.305. The van der Waals surface area contributed by atoms with E-state index in [1.165, 1.54) is 16.7 Å². The molecule has 0 aromatic heterocycles. The van der Waals surface area contributed by atoms with Crippen molar-refractivity contribution in [3.05, 3.63) is 34.9 Å². The molecule has 0 aliphatic heterocycles. The first-order chi connectivity index (χ1) is 10.9. The van der Waals surface area contributed by atoms with Gasteiger partial charge in [0.25, 0.3) is 0 Å². The van der Waals surface area contributed by atoms with Crippen LogP contribution in [-0.4, -0.2) is 50.4 Å². The van der Waals surface area contributed by atoms with Crippen LogP contribution in [0.3, 0.4) is 0 Å². The Morgan fingerprint density at radius 2 is 1.42 bits per heavy atom. The molecule has 0 amide bonds. The minimum atomic E-state index is -4.13. The molecule has 0 aromatic rings. The summed E-state index contributed by atoms with van der Waals surface area (Å²) in [5, 5.41) is 0. The van der Waals surface area contributed by atoms with E-state index in [-0.39, 0.29) is 5.75 Å². The smallest absolute Gasteiger partial charge is 0.100 e. The lowest BCUT2D eigenvalue weighted by Gasteiger charge is -2.29. The van der Waals surface area contributed by atoms with Gasteiger partial charge in [0.2, 0.25) is 0 Å². The van der Waals surface area contributed by atoms with Gasteiger partial charge in [0.15, 0.2) is 0 Å². The molecule has 0 aliphatic rings. The number of likely N-dealkylation sites (N-methyl/N-ethyl adjacent to an activating group) is 1. The maximum atomic E-state index is 10.7. The summed E-state index contributed by atoms with van der Waals surface area (Å²) < 4.78 is 32.7. The second-order valence-electron chi connectivity index (χ2n) is 7.56. The zero-order chi connectivity index (χ0) is 18.8. The summed E-state index contributed by atoms with van der Waals surface area (Å²) in [6.45, 7) is 9.63. The van der Waals surface area contributed by atoms with Crippen molar-refractivity contribution in [2.75, 3.05) is 32.9 Å². The zero-order valence-electron chi connectivity index (χ0n) is 16.3. The quantitative estimate of drug-likeness (QED) is 0.319. The van der Waals surface area contributed by atoms with Crippen molar-refractivity contribution in [2.45, 2.75) is 53.4 Å². The topological polar surface area (TPSA) is 57.2 Å². The van der Waals surface area contributed by atoms with E-state index in [4.69, 9.17) is 0 Å². The molecule has 0 heterocycles. The van der Waals surface area contributed by atoms with Gasteiger partial charge in [0.05, 0.1) is 32.9 Å². The van der Waals surface area contributed by atoms with Crippen LogP contribution in [0.4, 0.5) is 0 Å². The van der Waals surface area contributed by atoms with Crippen molar-refractivity contribution in [3.63, 3.8) is 0 Å². The third-order valence-electron chi connectivity index (χ3n) is 4.00. The van der Waals surface area contributed by atoms with Gasteiger partial charge in [0, 0.05) is 0 Å². The Bertz CT molecular complexity index is 565. The number of nitrogens with zero attached hydrogens (tertiary/aromatic N) is 1. The van der Waals surface area contributed by atoms with Crippen LogP contribution < -0.4 is 0 Å². The van der Waals surface area contributed by atoms with E-state index >= 15 is 0 Å². The van der Waals surface area contributed by atoms with Gasteiger partial charge in [-0.15, -0.1) is 0 Å². The van der Waals surface area contributed by atoms with Gasteiger partial charge in [0.1, 0.15) is 10.1 Å². The van der Waals surface area contributed by atoms with Crippen molar-refractivity contribution in [2.24, 2.45) is 0 Å². The molecule has 140 valence electrons. The molecule has 5 heteroatoms. The summed E-state index contributed by atoms with van der Waals surface area (Å²) in [5.74, 6) is -0.305. The van der Waals surface area contributed by atoms with Gasteiger partial charge < -0.3 is 9.04 Å². The number of quaternary nitrogens is 1. The van der Waals surface area contributed by atoms with Crippen molar-refractivity contribution in [1.82, 2.24) is 0 Å². The van der Waals surface area contributed by atoms with Crippen LogP contribution in [0, 0.1) is 0 Å². The maximum absolute atomic E-state index is 10.7. The summed E-state index contributed by atoms with van der Waals surface area (Å²) >= 11 is 0. The van der Waals surface area contributed by atoms with Crippen LogP contribution in [0.2, 0.25) is 0 Å². The number of hydrogen-bond donors (Lipinski definition) is 0. The average Bonchev–Trinajstić information content (AvgIpc) is 2.42. The molecule has 0 rings (SSSR count). The van der Waals surface area contributed by atoms with Gasteiger partial charge in [-0.1, -0.05) is 28.9 Å². The van der Waals surface area contributed by atoms with Crippen molar-refractivity contribution >= 4 is 10.1 Å². The first-order valence-electron chi connectivity index (χ1n) is 8.61. The van der Waals surface area contributed by atoms with Gasteiger partial charge >= 0.3 is 0 Å². The maximum Gasteiger partial charge on any atom is 0.100 e. The number of rotatable bonds is 11. The third kappa shape index (κ3) is 14.7. The lowest BCUT2D eigenvalue weighted by atomic mass is 10.1. The van der Waals surface area contributed by atoms with Crippen LogP contribution in [0.1, 0.15) is 53.4 Å². The molecule has 0 bridgehead atoms. The monoisotopic (exact) mass is 357 g/mol. The van der Waals surface area contributed by atoms with E-state index in [0.29, 0.717) is 11.0 Å². The Morgan fingerprint density at radius 3 is 1.92 bits per heavy atom. The van der Waals surface area contributed by atoms with Crippen LogP contribution in [-0.2, 0) is 10.1 Å². The molecule has 0 spiro atoms. The second-order valence-corrected chi connectivity index (χ2v) is 9.09. The lowest BCUT2D eigenvalue weighted by Crippen LogP contribution is -2.43. The van der Waals surface area contributed by atoms with E-state index in [0.717, 1.165) is 32.2 Å². The van der Waals surface area contributed by atoms with Gasteiger partial charge in [-0.3, -0.25) is 0 Å². The molecule has 24 heavy (non-hydrogen) atoms. The largest absolute Gasteiger partial charge is 0.748 e. The predicted molar refractivity (Wildman–Crippen MR) is 102 cm³/mol. The molecule has 0 fully saturated rings. The number of hydrogen-bond acceptors (Lipinski definition) is 3. The lowest BCUT2D eigenvalue weighted by molar-refractivity contribution is -0.882. The Hall–Kier alpha value is -0.910. The van der Waals surface area contributed by atoms with Crippen LogP contribution >= 0.6 is 0 Å². The molecule has 0 unspecified atom stereocenters. The molecular weight excluding hydrogens is 322 g/mol. The summed E-state index contributed by atoms with van der Waals surface area (Å²) in [6.07, 6.45) is 11.0. The van der Waals surface area contributed by atoms with Crippen molar-refractivity contribution in [1.29, 1.82) is 0 Å². The highest BCUT2D eigenvalue weighted by atomic mass is 32.2. The Balaban J connectivity index is 4.24. The molecular formula is C19H35NO3S. The van der Waals surface area contributed by atoms with Crippen molar-refractivity contribution < 1.29 is 17.5 Å². The molecule has 0 radical (unpaired) electrons. The van der Waals surface area contributed by atoms with Gasteiger partial charge in [-0.05, 0) is 59.5 Å². The molecule has 0 saturated heterocycles. The molecule has 0 N–H and O–H groups in total. The second kappa shape index (κ2) is 10.9. The van der Waals surface area contributed by atoms with E-state index < -0.39 is 10.1 Å². The Labute approximate surface area is 149 Å². The highest BCUT2D eigenvalue weighted by Gasteiger charge is 2.14. The van der Waals surface area contributed by atoms with Crippen molar-refractivity contribution in [3.8, 4) is 0 Å². The average molecular weight is 358 g/mol. The first-order valence-corrected chi connectivity index (χ1v) is 10.2. The summed E-state index contributed by atoms with van der Waals surface area (Å²) in [7, 11) is -0.238. The van der Waals surface area contributed by atoms with E-state index in [1.54, 1.807) is 0 Å². The van der Waals surface area contributed by atoms with E-state index in [2.05, 4.69) is 45.9 Å². The molecule has 0 saturated carbocycles. The highest BCUT2D eigenvalue weighted by Crippen LogP contribution is 2.12. The minimum Gasteiger partial charge on any atom is -0.748 e. The predicted octanol–water partition coefficient (Wildman–Crippen LogP) is 4.03. The first kappa shape index (κ1) is 23.1. The van der Waals surface area contributed by atoms with Gasteiger partial charge in [-0.25, -0.2) is 8.42 Å². The fourth-order valence-electron chi connectivity index (χ4n) is 2.19. The summed E-state index contributed by atoms with van der Waals surface area (Å²) in [5.41, 5.74) is 4.10. The summed E-state index contributed by atoms with van der Waals surface area (Å²) in [4.78, 5) is 0. The molecule has 0 aliphatic carbocycles. The fraction of sp³-hybridized carbons (Fsp3) is 0.684. The Kier molecular flexibility index (Phi) is 10.4. The normalized spacial score (nSPS) is 14.0. The molecule has 0 aromatic carbocycles. The number of allylic oxidation sites excluding steroid dienone is 5. The fourth-order valence-corrected chi connectivity index (χ4v) is 2.91. The van der Waals surface area contributed by atoms with Crippen LogP contribution in [0.15, 0.2) is 34.9 Å². The van der Waals surface area contributed by atoms with E-state index in [1.807, 2.05) is 14.1 Å². The standard InChI is InChI=1S/C19H35NO3S/c1-17(2)9-7-10-18(3)11-8-12-19(4)13-14-20(5,6)15-16-24(21,22)23/h9,11,13H,7-8,10,12,14-16H2,1-6H3/b18-11+,19-13+. The van der Waals surface area contributed by atoms with Crippen LogP contribution in [0.5, 0.6) is 0 Å². The molecule has 0 atom stereocenters. The molecule has 4 nitrogen and oxygen atoms in total.